The Hall–Kier alpha value is -3.48. The fourth-order valence-corrected chi connectivity index (χ4v) is 3.89. The highest BCUT2D eigenvalue weighted by Gasteiger charge is 2.36. The Morgan fingerprint density at radius 1 is 1.15 bits per heavy atom. The number of rotatable bonds is 2. The molecule has 0 amide bonds. The minimum Gasteiger partial charge on any atom is -0.377 e. The molecular formula is C20H16FN5O. The Morgan fingerprint density at radius 2 is 1.96 bits per heavy atom. The molecule has 0 spiro atoms. The van der Waals surface area contributed by atoms with Crippen molar-refractivity contribution in [1.82, 2.24) is 19.7 Å². The van der Waals surface area contributed by atoms with Gasteiger partial charge in [0.25, 0.3) is 5.56 Å². The molecule has 0 unspecified atom stereocenters. The van der Waals surface area contributed by atoms with Gasteiger partial charge in [0.05, 0.1) is 23.0 Å². The SMILES string of the molecule is Cn1ccnc1[C@@H]1c2n[nH]c(=O)c3cccc(c23)N[C@@H]1c1ccc(F)cc1. The highest BCUT2D eigenvalue weighted by atomic mass is 19.1. The number of hydrogen-bond donors (Lipinski definition) is 2. The molecule has 0 aliphatic carbocycles. The normalized spacial score (nSPS) is 18.4. The fraction of sp³-hybridized carbons (Fsp3) is 0.150. The van der Waals surface area contributed by atoms with Crippen LogP contribution in [-0.4, -0.2) is 19.7 Å². The number of hydrogen-bond acceptors (Lipinski definition) is 4. The smallest absolute Gasteiger partial charge is 0.272 e. The van der Waals surface area contributed by atoms with Gasteiger partial charge in [-0.3, -0.25) is 4.79 Å². The molecule has 134 valence electrons. The summed E-state index contributed by atoms with van der Waals surface area (Å²) in [5.74, 6) is 0.282. The van der Waals surface area contributed by atoms with Crippen LogP contribution in [0.5, 0.6) is 0 Å². The van der Waals surface area contributed by atoms with Crippen LogP contribution in [0.15, 0.2) is 59.7 Å². The standard InChI is InChI=1S/C20H16FN5O/c1-26-10-9-22-19(26)16-17(11-5-7-12(21)8-6-11)23-14-4-2-3-13-15(14)18(16)24-25-20(13)27/h2-10,16-17,23H,1H3,(H,25,27)/t16-,17+/m0/s1. The Morgan fingerprint density at radius 3 is 2.70 bits per heavy atom. The van der Waals surface area contributed by atoms with E-state index in [2.05, 4.69) is 20.5 Å². The predicted molar refractivity (Wildman–Crippen MR) is 100 cm³/mol. The molecule has 2 aromatic carbocycles. The van der Waals surface area contributed by atoms with Crippen LogP contribution >= 0.6 is 0 Å². The monoisotopic (exact) mass is 361 g/mol. The number of nitrogens with one attached hydrogen (secondary N) is 2. The van der Waals surface area contributed by atoms with Crippen LogP contribution < -0.4 is 10.9 Å². The summed E-state index contributed by atoms with van der Waals surface area (Å²) in [6, 6.07) is 11.8. The van der Waals surface area contributed by atoms with Crippen LogP contribution in [0.4, 0.5) is 10.1 Å². The van der Waals surface area contributed by atoms with Crippen molar-refractivity contribution in [2.45, 2.75) is 12.0 Å². The van der Waals surface area contributed by atoms with E-state index in [0.29, 0.717) is 5.39 Å². The molecular weight excluding hydrogens is 345 g/mol. The molecule has 1 aliphatic heterocycles. The number of aryl methyl sites for hydroxylation is 1. The number of imidazole rings is 1. The van der Waals surface area contributed by atoms with Crippen molar-refractivity contribution >= 4 is 16.5 Å². The van der Waals surface area contributed by atoms with E-state index in [1.807, 2.05) is 29.9 Å². The van der Waals surface area contributed by atoms with E-state index in [1.165, 1.54) is 12.1 Å². The summed E-state index contributed by atoms with van der Waals surface area (Å²) < 4.78 is 15.4. The molecule has 0 bridgehead atoms. The van der Waals surface area contributed by atoms with Gasteiger partial charge >= 0.3 is 0 Å². The fourth-order valence-electron chi connectivity index (χ4n) is 3.89. The number of halogens is 1. The van der Waals surface area contributed by atoms with Gasteiger partial charge < -0.3 is 9.88 Å². The minimum atomic E-state index is -0.284. The number of H-pyrrole nitrogens is 1. The number of nitrogens with zero attached hydrogens (tertiary/aromatic N) is 3. The summed E-state index contributed by atoms with van der Waals surface area (Å²) in [7, 11) is 1.92. The Bertz CT molecular complexity index is 1210. The molecule has 4 aromatic rings. The maximum absolute atomic E-state index is 13.5. The molecule has 5 rings (SSSR count). The summed E-state index contributed by atoms with van der Waals surface area (Å²) in [6.07, 6.45) is 3.61. The molecule has 0 fully saturated rings. The van der Waals surface area contributed by atoms with E-state index in [0.717, 1.165) is 28.2 Å². The van der Waals surface area contributed by atoms with Gasteiger partial charge in [-0.15, -0.1) is 0 Å². The van der Waals surface area contributed by atoms with Gasteiger partial charge in [0, 0.05) is 30.5 Å². The van der Waals surface area contributed by atoms with Crippen LogP contribution in [0, 0.1) is 5.82 Å². The lowest BCUT2D eigenvalue weighted by Gasteiger charge is -2.34. The minimum absolute atomic E-state index is 0.205. The number of anilines is 1. The third-order valence-electron chi connectivity index (χ3n) is 5.15. The van der Waals surface area contributed by atoms with E-state index >= 15 is 0 Å². The third-order valence-corrected chi connectivity index (χ3v) is 5.15. The zero-order valence-electron chi connectivity index (χ0n) is 14.5. The van der Waals surface area contributed by atoms with Gasteiger partial charge in [-0.05, 0) is 29.8 Å². The maximum Gasteiger partial charge on any atom is 0.272 e. The molecule has 2 N–H and O–H groups in total. The predicted octanol–water partition coefficient (Wildman–Crippen LogP) is 3.09. The number of aromatic nitrogens is 4. The van der Waals surface area contributed by atoms with Crippen molar-refractivity contribution in [2.24, 2.45) is 7.05 Å². The highest BCUT2D eigenvalue weighted by Crippen LogP contribution is 2.45. The highest BCUT2D eigenvalue weighted by molar-refractivity contribution is 5.97. The van der Waals surface area contributed by atoms with Crippen LogP contribution in [0.25, 0.3) is 10.8 Å². The largest absolute Gasteiger partial charge is 0.377 e. The van der Waals surface area contributed by atoms with Gasteiger partial charge in [-0.2, -0.15) is 5.10 Å². The molecule has 2 atom stereocenters. The quantitative estimate of drug-likeness (QED) is 0.575. The van der Waals surface area contributed by atoms with Crippen molar-refractivity contribution in [3.05, 3.63) is 88.1 Å². The first-order chi connectivity index (χ1) is 13.1. The van der Waals surface area contributed by atoms with E-state index in [9.17, 15) is 9.18 Å². The summed E-state index contributed by atoms with van der Waals surface area (Å²) in [5.41, 5.74) is 2.28. The van der Waals surface area contributed by atoms with Crippen molar-refractivity contribution in [2.75, 3.05) is 5.32 Å². The Balaban J connectivity index is 1.81. The average Bonchev–Trinajstić information content (AvgIpc) is 3.10. The lowest BCUT2D eigenvalue weighted by atomic mass is 9.83. The van der Waals surface area contributed by atoms with Crippen molar-refractivity contribution in [1.29, 1.82) is 0 Å². The first-order valence-electron chi connectivity index (χ1n) is 8.64. The molecule has 0 radical (unpaired) electrons. The van der Waals surface area contributed by atoms with E-state index in [-0.39, 0.29) is 23.3 Å². The second-order valence-electron chi connectivity index (χ2n) is 6.71. The Labute approximate surface area is 153 Å². The summed E-state index contributed by atoms with van der Waals surface area (Å²) in [5, 5.41) is 11.9. The van der Waals surface area contributed by atoms with Gasteiger partial charge in [0.15, 0.2) is 0 Å². The topological polar surface area (TPSA) is 75.6 Å². The zero-order chi connectivity index (χ0) is 18.5. The van der Waals surface area contributed by atoms with Crippen molar-refractivity contribution < 1.29 is 4.39 Å². The molecule has 27 heavy (non-hydrogen) atoms. The summed E-state index contributed by atoms with van der Waals surface area (Å²) >= 11 is 0. The van der Waals surface area contributed by atoms with Crippen LogP contribution in [-0.2, 0) is 7.05 Å². The molecule has 0 saturated carbocycles. The van der Waals surface area contributed by atoms with Gasteiger partial charge in [0.2, 0.25) is 0 Å². The Kier molecular flexibility index (Phi) is 3.36. The number of aromatic amines is 1. The van der Waals surface area contributed by atoms with Crippen molar-refractivity contribution in [3.63, 3.8) is 0 Å². The second kappa shape index (κ2) is 5.77. The van der Waals surface area contributed by atoms with Crippen LogP contribution in [0.2, 0.25) is 0 Å². The molecule has 1 aliphatic rings. The van der Waals surface area contributed by atoms with Crippen molar-refractivity contribution in [3.8, 4) is 0 Å². The molecule has 6 nitrogen and oxygen atoms in total. The molecule has 0 saturated heterocycles. The van der Waals surface area contributed by atoms with Gasteiger partial charge in [-0.25, -0.2) is 14.5 Å². The van der Waals surface area contributed by atoms with Crippen LogP contribution in [0.3, 0.4) is 0 Å². The molecule has 3 heterocycles. The third kappa shape index (κ3) is 2.35. The summed E-state index contributed by atoms with van der Waals surface area (Å²) in [6.45, 7) is 0. The lowest BCUT2D eigenvalue weighted by molar-refractivity contribution is 0.581. The second-order valence-corrected chi connectivity index (χ2v) is 6.71. The van der Waals surface area contributed by atoms with Crippen LogP contribution in [0.1, 0.15) is 29.0 Å². The average molecular weight is 361 g/mol. The van der Waals surface area contributed by atoms with Gasteiger partial charge in [0.1, 0.15) is 11.6 Å². The molecule has 7 heteroatoms. The lowest BCUT2D eigenvalue weighted by Crippen LogP contribution is -2.29. The first kappa shape index (κ1) is 15.7. The van der Waals surface area contributed by atoms with E-state index in [4.69, 9.17) is 0 Å². The first-order valence-corrected chi connectivity index (χ1v) is 8.64. The van der Waals surface area contributed by atoms with E-state index < -0.39 is 0 Å². The maximum atomic E-state index is 13.5. The summed E-state index contributed by atoms with van der Waals surface area (Å²) in [4.78, 5) is 16.8. The van der Waals surface area contributed by atoms with E-state index in [1.54, 1.807) is 24.4 Å². The van der Waals surface area contributed by atoms with Gasteiger partial charge in [-0.1, -0.05) is 18.2 Å². The molecule has 2 aromatic heterocycles. The zero-order valence-corrected chi connectivity index (χ0v) is 14.5. The number of benzene rings is 2.